The van der Waals surface area contributed by atoms with E-state index in [4.69, 9.17) is 0 Å². The van der Waals surface area contributed by atoms with Gasteiger partial charge in [0, 0.05) is 20.6 Å². The summed E-state index contributed by atoms with van der Waals surface area (Å²) in [6.07, 6.45) is 3.23. The van der Waals surface area contributed by atoms with Crippen molar-refractivity contribution in [3.05, 3.63) is 29.3 Å². The van der Waals surface area contributed by atoms with E-state index in [2.05, 4.69) is 17.3 Å². The van der Waals surface area contributed by atoms with Gasteiger partial charge in [-0.25, -0.2) is 4.31 Å². The Labute approximate surface area is 169 Å². The Morgan fingerprint density at radius 1 is 1.21 bits per heavy atom. The van der Waals surface area contributed by atoms with Crippen LogP contribution in [0.15, 0.2) is 18.2 Å². The molecular weight excluding hydrogens is 376 g/mol. The Bertz CT molecular complexity index is 772. The molecule has 0 saturated carbocycles. The molecule has 1 amide bonds. The molecule has 0 aromatic heterocycles. The number of carbonyl (C=O) groups excluding carboxylic acids is 1. The number of anilines is 1. The molecule has 1 aromatic carbocycles. The van der Waals surface area contributed by atoms with Crippen molar-refractivity contribution in [2.45, 2.75) is 33.1 Å². The second kappa shape index (κ2) is 9.71. The van der Waals surface area contributed by atoms with E-state index in [1.165, 1.54) is 18.4 Å². The zero-order valence-electron chi connectivity index (χ0n) is 17.7. The van der Waals surface area contributed by atoms with Crippen LogP contribution in [0.4, 0.5) is 5.69 Å². The number of aryl methyl sites for hydroxylation is 2. The van der Waals surface area contributed by atoms with Crippen LogP contribution in [0.5, 0.6) is 0 Å². The average molecular weight is 411 g/mol. The van der Waals surface area contributed by atoms with Crippen molar-refractivity contribution in [3.63, 3.8) is 0 Å². The topological polar surface area (TPSA) is 73.0 Å². The van der Waals surface area contributed by atoms with Crippen LogP contribution < -0.4 is 9.62 Å². The number of nitrogens with one attached hydrogen (secondary N) is 1. The monoisotopic (exact) mass is 410 g/mol. The summed E-state index contributed by atoms with van der Waals surface area (Å²) in [5.74, 6) is 0.344. The van der Waals surface area contributed by atoms with E-state index >= 15 is 0 Å². The third-order valence-corrected chi connectivity index (χ3v) is 7.18. The van der Waals surface area contributed by atoms with Gasteiger partial charge < -0.3 is 10.2 Å². The fourth-order valence-corrected chi connectivity index (χ4v) is 4.55. The first-order valence-electron chi connectivity index (χ1n) is 9.84. The van der Waals surface area contributed by atoms with Gasteiger partial charge in [-0.2, -0.15) is 12.7 Å². The lowest BCUT2D eigenvalue weighted by Crippen LogP contribution is -2.46. The Morgan fingerprint density at radius 3 is 2.46 bits per heavy atom. The summed E-state index contributed by atoms with van der Waals surface area (Å²) in [6.45, 7) is 6.31. The molecule has 1 N–H and O–H groups in total. The van der Waals surface area contributed by atoms with E-state index in [9.17, 15) is 13.2 Å². The molecule has 1 aliphatic heterocycles. The van der Waals surface area contributed by atoms with Crippen LogP contribution in [0.2, 0.25) is 0 Å². The molecular formula is C20H34N4O3S. The second-order valence-electron chi connectivity index (χ2n) is 7.97. The van der Waals surface area contributed by atoms with Crippen molar-refractivity contribution < 1.29 is 13.2 Å². The summed E-state index contributed by atoms with van der Waals surface area (Å²) in [5, 5.41) is 2.91. The molecule has 28 heavy (non-hydrogen) atoms. The van der Waals surface area contributed by atoms with Gasteiger partial charge in [0.15, 0.2) is 0 Å². The van der Waals surface area contributed by atoms with Gasteiger partial charge in [-0.05, 0) is 76.4 Å². The Hall–Kier alpha value is -1.64. The SMILES string of the molecule is Cc1ccc(C)c(N(CC(=O)NCCC2CCN(C)CC2)S(=O)(=O)N(C)C)c1. The van der Waals surface area contributed by atoms with Gasteiger partial charge in [0.1, 0.15) is 6.54 Å². The fourth-order valence-electron chi connectivity index (χ4n) is 3.43. The predicted molar refractivity (Wildman–Crippen MR) is 114 cm³/mol. The molecule has 0 spiro atoms. The lowest BCUT2D eigenvalue weighted by molar-refractivity contribution is -0.119. The number of hydrogen-bond acceptors (Lipinski definition) is 4. The maximum atomic E-state index is 12.8. The number of likely N-dealkylation sites (tertiary alicyclic amines) is 1. The van der Waals surface area contributed by atoms with Gasteiger partial charge in [-0.1, -0.05) is 12.1 Å². The highest BCUT2D eigenvalue weighted by atomic mass is 32.2. The number of carbonyl (C=O) groups is 1. The summed E-state index contributed by atoms with van der Waals surface area (Å²) in [6, 6.07) is 5.62. The van der Waals surface area contributed by atoms with Gasteiger partial charge in [0.05, 0.1) is 5.69 Å². The largest absolute Gasteiger partial charge is 0.355 e. The molecule has 2 rings (SSSR count). The van der Waals surface area contributed by atoms with Crippen molar-refractivity contribution in [2.75, 3.05) is 51.6 Å². The minimum absolute atomic E-state index is 0.224. The third kappa shape index (κ3) is 5.93. The molecule has 1 saturated heterocycles. The number of rotatable bonds is 8. The van der Waals surface area contributed by atoms with E-state index in [-0.39, 0.29) is 12.5 Å². The number of amides is 1. The molecule has 158 valence electrons. The maximum Gasteiger partial charge on any atom is 0.304 e. The van der Waals surface area contributed by atoms with E-state index in [0.717, 1.165) is 47.8 Å². The number of benzene rings is 1. The zero-order chi connectivity index (χ0) is 20.9. The van der Waals surface area contributed by atoms with Gasteiger partial charge in [0.2, 0.25) is 5.91 Å². The number of piperidine rings is 1. The quantitative estimate of drug-likeness (QED) is 0.709. The number of nitrogens with zero attached hydrogens (tertiary/aromatic N) is 3. The van der Waals surface area contributed by atoms with E-state index < -0.39 is 10.2 Å². The van der Waals surface area contributed by atoms with E-state index in [1.54, 1.807) is 0 Å². The predicted octanol–water partition coefficient (Wildman–Crippen LogP) is 1.76. The first-order chi connectivity index (χ1) is 13.1. The van der Waals surface area contributed by atoms with Crippen LogP contribution >= 0.6 is 0 Å². The van der Waals surface area contributed by atoms with Crippen molar-refractivity contribution in [1.29, 1.82) is 0 Å². The summed E-state index contributed by atoms with van der Waals surface area (Å²) in [4.78, 5) is 14.9. The molecule has 0 aliphatic carbocycles. The second-order valence-corrected chi connectivity index (χ2v) is 10.0. The highest BCUT2D eigenvalue weighted by molar-refractivity contribution is 7.90. The first-order valence-corrected chi connectivity index (χ1v) is 11.2. The third-order valence-electron chi connectivity index (χ3n) is 5.37. The Morgan fingerprint density at radius 2 is 1.86 bits per heavy atom. The van der Waals surface area contributed by atoms with Crippen LogP contribution in [0, 0.1) is 19.8 Å². The standard InChI is InChI=1S/C20H34N4O3S/c1-16-6-7-17(2)19(14-16)24(28(26,27)22(3)4)15-20(25)21-11-8-18-9-12-23(5)13-10-18/h6-7,14,18H,8-13,15H2,1-5H3,(H,21,25). The van der Waals surface area contributed by atoms with E-state index in [0.29, 0.717) is 18.2 Å². The van der Waals surface area contributed by atoms with Gasteiger partial charge >= 0.3 is 10.2 Å². The molecule has 0 bridgehead atoms. The van der Waals surface area contributed by atoms with Crippen LogP contribution in [0.1, 0.15) is 30.4 Å². The summed E-state index contributed by atoms with van der Waals surface area (Å²) in [5.41, 5.74) is 2.30. The Balaban J connectivity index is 2.04. The highest BCUT2D eigenvalue weighted by Gasteiger charge is 2.28. The van der Waals surface area contributed by atoms with Crippen molar-refractivity contribution in [2.24, 2.45) is 5.92 Å². The molecule has 0 atom stereocenters. The van der Waals surface area contributed by atoms with Gasteiger partial charge in [-0.3, -0.25) is 4.79 Å². The van der Waals surface area contributed by atoms with Gasteiger partial charge in [0.25, 0.3) is 0 Å². The zero-order valence-corrected chi connectivity index (χ0v) is 18.6. The molecule has 1 aliphatic rings. The average Bonchev–Trinajstić information content (AvgIpc) is 2.63. The molecule has 1 heterocycles. The molecule has 0 radical (unpaired) electrons. The van der Waals surface area contributed by atoms with E-state index in [1.807, 2.05) is 32.0 Å². The molecule has 0 unspecified atom stereocenters. The maximum absolute atomic E-state index is 12.8. The van der Waals surface area contributed by atoms with Crippen LogP contribution in [-0.4, -0.2) is 70.9 Å². The molecule has 1 aromatic rings. The molecule has 8 heteroatoms. The Kier molecular flexibility index (Phi) is 7.86. The van der Waals surface area contributed by atoms with Crippen molar-refractivity contribution in [1.82, 2.24) is 14.5 Å². The lowest BCUT2D eigenvalue weighted by atomic mass is 9.94. The smallest absolute Gasteiger partial charge is 0.304 e. The lowest BCUT2D eigenvalue weighted by Gasteiger charge is -2.29. The van der Waals surface area contributed by atoms with Gasteiger partial charge in [-0.15, -0.1) is 0 Å². The summed E-state index contributed by atoms with van der Waals surface area (Å²) >= 11 is 0. The summed E-state index contributed by atoms with van der Waals surface area (Å²) in [7, 11) is 1.31. The highest BCUT2D eigenvalue weighted by Crippen LogP contribution is 2.25. The minimum atomic E-state index is -3.78. The normalized spacial score (nSPS) is 16.4. The molecule has 1 fully saturated rings. The summed E-state index contributed by atoms with van der Waals surface area (Å²) < 4.78 is 28.0. The molecule has 7 nitrogen and oxygen atoms in total. The minimum Gasteiger partial charge on any atom is -0.355 e. The first kappa shape index (κ1) is 22.6. The van der Waals surface area contributed by atoms with Crippen molar-refractivity contribution >= 4 is 21.8 Å². The van der Waals surface area contributed by atoms with Crippen LogP contribution in [0.25, 0.3) is 0 Å². The number of hydrogen-bond donors (Lipinski definition) is 1. The van der Waals surface area contributed by atoms with Crippen LogP contribution in [0.3, 0.4) is 0 Å². The fraction of sp³-hybridized carbons (Fsp3) is 0.650. The van der Waals surface area contributed by atoms with Crippen molar-refractivity contribution in [3.8, 4) is 0 Å². The van der Waals surface area contributed by atoms with Crippen LogP contribution in [-0.2, 0) is 15.0 Å².